The third-order valence-electron chi connectivity index (χ3n) is 6.27. The number of amides is 2. The Kier molecular flexibility index (Phi) is 8.36. The lowest BCUT2D eigenvalue weighted by Crippen LogP contribution is -2.55. The molecule has 0 radical (unpaired) electrons. The quantitative estimate of drug-likeness (QED) is 0.361. The van der Waals surface area contributed by atoms with Gasteiger partial charge in [0.25, 0.3) is 0 Å². The predicted molar refractivity (Wildman–Crippen MR) is 119 cm³/mol. The summed E-state index contributed by atoms with van der Waals surface area (Å²) >= 11 is 0. The van der Waals surface area contributed by atoms with Crippen LogP contribution in [0.4, 0.5) is 0 Å². The lowest BCUT2D eigenvalue weighted by atomic mass is 9.92. The number of rotatable bonds is 7. The summed E-state index contributed by atoms with van der Waals surface area (Å²) in [6.45, 7) is 11.0. The van der Waals surface area contributed by atoms with Crippen molar-refractivity contribution >= 4 is 17.8 Å². The van der Waals surface area contributed by atoms with Crippen molar-refractivity contribution in [3.05, 3.63) is 0 Å². The van der Waals surface area contributed by atoms with Crippen LogP contribution in [0.3, 0.4) is 0 Å². The van der Waals surface area contributed by atoms with E-state index in [-0.39, 0.29) is 11.8 Å². The molecule has 3 aliphatic rings. The Morgan fingerprint density at radius 3 is 2.27 bits per heavy atom. The Morgan fingerprint density at radius 2 is 1.67 bits per heavy atom. The van der Waals surface area contributed by atoms with E-state index in [9.17, 15) is 9.59 Å². The first-order valence-corrected chi connectivity index (χ1v) is 11.7. The first kappa shape index (κ1) is 22.8. The van der Waals surface area contributed by atoms with Gasteiger partial charge < -0.3 is 20.4 Å². The summed E-state index contributed by atoms with van der Waals surface area (Å²) < 4.78 is 0. The van der Waals surface area contributed by atoms with Gasteiger partial charge in [0, 0.05) is 65.3 Å². The summed E-state index contributed by atoms with van der Waals surface area (Å²) in [6, 6.07) is 0.433. The van der Waals surface area contributed by atoms with E-state index in [1.807, 2.05) is 0 Å². The molecular formula is C22H40N6O2. The maximum absolute atomic E-state index is 12.7. The second-order valence-electron chi connectivity index (χ2n) is 9.43. The fourth-order valence-corrected chi connectivity index (χ4v) is 4.58. The number of nitrogens with one attached hydrogen (secondary N) is 2. The van der Waals surface area contributed by atoms with Crippen molar-refractivity contribution in [1.82, 2.24) is 25.3 Å². The first-order chi connectivity index (χ1) is 14.4. The number of hydrogen-bond acceptors (Lipinski definition) is 4. The summed E-state index contributed by atoms with van der Waals surface area (Å²) in [7, 11) is 1.80. The van der Waals surface area contributed by atoms with E-state index >= 15 is 0 Å². The van der Waals surface area contributed by atoms with Crippen molar-refractivity contribution in [3.8, 4) is 0 Å². The minimum absolute atomic E-state index is 0.157. The Labute approximate surface area is 181 Å². The van der Waals surface area contributed by atoms with Gasteiger partial charge in [0.1, 0.15) is 0 Å². The monoisotopic (exact) mass is 420 g/mol. The van der Waals surface area contributed by atoms with Crippen molar-refractivity contribution in [2.24, 2.45) is 16.8 Å². The molecule has 0 spiro atoms. The topological polar surface area (TPSA) is 80.3 Å². The molecule has 2 saturated heterocycles. The van der Waals surface area contributed by atoms with Gasteiger partial charge in [-0.25, -0.2) is 0 Å². The molecule has 30 heavy (non-hydrogen) atoms. The lowest BCUT2D eigenvalue weighted by molar-refractivity contribution is -0.135. The molecule has 0 aromatic rings. The number of carbonyl (C=O) groups excluding carboxylic acids is 2. The van der Waals surface area contributed by atoms with E-state index < -0.39 is 0 Å². The molecule has 0 aromatic heterocycles. The minimum atomic E-state index is 0.157. The predicted octanol–water partition coefficient (Wildman–Crippen LogP) is 0.743. The highest BCUT2D eigenvalue weighted by Crippen LogP contribution is 2.21. The van der Waals surface area contributed by atoms with Gasteiger partial charge in [0.05, 0.1) is 6.54 Å². The molecule has 0 aromatic carbocycles. The lowest BCUT2D eigenvalue weighted by Gasteiger charge is -2.39. The largest absolute Gasteiger partial charge is 0.356 e. The van der Waals surface area contributed by atoms with Crippen LogP contribution in [0.5, 0.6) is 0 Å². The van der Waals surface area contributed by atoms with Crippen LogP contribution in [0.25, 0.3) is 0 Å². The Balaban J connectivity index is 1.33. The van der Waals surface area contributed by atoms with Gasteiger partial charge in [-0.1, -0.05) is 13.8 Å². The number of hydrogen-bond donors (Lipinski definition) is 2. The minimum Gasteiger partial charge on any atom is -0.356 e. The van der Waals surface area contributed by atoms with Gasteiger partial charge in [-0.15, -0.1) is 0 Å². The normalized spacial score (nSPS) is 25.9. The summed E-state index contributed by atoms with van der Waals surface area (Å²) in [5, 5.41) is 6.41. The van der Waals surface area contributed by atoms with Crippen LogP contribution in [-0.2, 0) is 9.59 Å². The highest BCUT2D eigenvalue weighted by Gasteiger charge is 2.28. The third kappa shape index (κ3) is 7.15. The zero-order valence-corrected chi connectivity index (χ0v) is 19.0. The number of likely N-dealkylation sites (tertiary alicyclic amines) is 1. The van der Waals surface area contributed by atoms with Crippen molar-refractivity contribution in [2.45, 2.75) is 52.0 Å². The SMILES string of the molecule is CN=C(NCCCC(=O)NC1CC1)N1CCN(CC(=O)N2CC(C)CC(C)C2)CC1. The molecule has 1 saturated carbocycles. The van der Waals surface area contributed by atoms with Crippen LogP contribution >= 0.6 is 0 Å². The summed E-state index contributed by atoms with van der Waals surface area (Å²) in [6.07, 6.45) is 4.84. The van der Waals surface area contributed by atoms with Crippen molar-refractivity contribution in [2.75, 3.05) is 59.4 Å². The highest BCUT2D eigenvalue weighted by atomic mass is 16.2. The van der Waals surface area contributed by atoms with Gasteiger partial charge in [-0.05, 0) is 37.5 Å². The maximum atomic E-state index is 12.7. The van der Waals surface area contributed by atoms with E-state index in [1.54, 1.807) is 7.05 Å². The maximum Gasteiger partial charge on any atom is 0.236 e. The van der Waals surface area contributed by atoms with E-state index in [4.69, 9.17) is 0 Å². The molecule has 2 atom stereocenters. The molecule has 2 amide bonds. The number of nitrogens with zero attached hydrogens (tertiary/aromatic N) is 4. The van der Waals surface area contributed by atoms with Crippen molar-refractivity contribution in [3.63, 3.8) is 0 Å². The number of piperidine rings is 1. The molecule has 2 aliphatic heterocycles. The average molecular weight is 421 g/mol. The third-order valence-corrected chi connectivity index (χ3v) is 6.27. The Bertz CT molecular complexity index is 603. The number of aliphatic imine (C=N–C) groups is 1. The van der Waals surface area contributed by atoms with Crippen LogP contribution in [0.1, 0.15) is 46.0 Å². The molecule has 8 nitrogen and oxygen atoms in total. The van der Waals surface area contributed by atoms with Crippen LogP contribution in [-0.4, -0.2) is 97.9 Å². The van der Waals surface area contributed by atoms with Crippen LogP contribution in [0.2, 0.25) is 0 Å². The van der Waals surface area contributed by atoms with Crippen LogP contribution < -0.4 is 10.6 Å². The number of piperazine rings is 1. The van der Waals surface area contributed by atoms with Gasteiger partial charge in [-0.3, -0.25) is 19.5 Å². The zero-order valence-electron chi connectivity index (χ0n) is 19.0. The molecule has 2 unspecified atom stereocenters. The standard InChI is InChI=1S/C22H40N6O2/c1-17-13-18(2)15-28(14-17)21(30)16-26-9-11-27(12-10-26)22(23-3)24-8-4-5-20(29)25-19-6-7-19/h17-19H,4-16H2,1-3H3,(H,23,24)(H,25,29). The number of carbonyl (C=O) groups is 2. The van der Waals surface area contributed by atoms with E-state index in [2.05, 4.69) is 44.2 Å². The summed E-state index contributed by atoms with van der Waals surface area (Å²) in [5.41, 5.74) is 0. The van der Waals surface area contributed by atoms with E-state index in [1.165, 1.54) is 6.42 Å². The fourth-order valence-electron chi connectivity index (χ4n) is 4.58. The zero-order chi connectivity index (χ0) is 21.5. The second-order valence-corrected chi connectivity index (χ2v) is 9.43. The van der Waals surface area contributed by atoms with E-state index in [0.717, 1.165) is 71.0 Å². The summed E-state index contributed by atoms with van der Waals surface area (Å²) in [5.74, 6) is 2.52. The first-order valence-electron chi connectivity index (χ1n) is 11.7. The van der Waals surface area contributed by atoms with Crippen LogP contribution in [0.15, 0.2) is 4.99 Å². The Morgan fingerprint density at radius 1 is 1.00 bits per heavy atom. The van der Waals surface area contributed by atoms with Gasteiger partial charge in [0.15, 0.2) is 5.96 Å². The molecule has 170 valence electrons. The number of guanidine groups is 1. The van der Waals surface area contributed by atoms with Crippen molar-refractivity contribution < 1.29 is 9.59 Å². The average Bonchev–Trinajstić information content (AvgIpc) is 3.52. The van der Waals surface area contributed by atoms with Crippen molar-refractivity contribution in [1.29, 1.82) is 0 Å². The molecule has 3 rings (SSSR count). The summed E-state index contributed by atoms with van der Waals surface area (Å²) in [4.78, 5) is 35.5. The molecule has 3 fully saturated rings. The molecule has 2 heterocycles. The van der Waals surface area contributed by atoms with Crippen LogP contribution in [0, 0.1) is 11.8 Å². The molecular weight excluding hydrogens is 380 g/mol. The Hall–Kier alpha value is -1.83. The molecule has 2 N–H and O–H groups in total. The van der Waals surface area contributed by atoms with Gasteiger partial charge in [0.2, 0.25) is 11.8 Å². The van der Waals surface area contributed by atoms with Gasteiger partial charge >= 0.3 is 0 Å². The highest BCUT2D eigenvalue weighted by molar-refractivity contribution is 5.80. The van der Waals surface area contributed by atoms with Gasteiger partial charge in [-0.2, -0.15) is 0 Å². The smallest absolute Gasteiger partial charge is 0.236 e. The molecule has 0 bridgehead atoms. The molecule has 8 heteroatoms. The second kappa shape index (κ2) is 11.0. The fraction of sp³-hybridized carbons (Fsp3) is 0.864. The van der Waals surface area contributed by atoms with E-state index in [0.29, 0.717) is 30.8 Å². The molecule has 1 aliphatic carbocycles.